The molecule has 1 unspecified atom stereocenters. The molecule has 1 atom stereocenters. The topological polar surface area (TPSA) is 64.6 Å². The lowest BCUT2D eigenvalue weighted by Gasteiger charge is -2.17. The van der Waals surface area contributed by atoms with Gasteiger partial charge in [0.15, 0.2) is 0 Å². The van der Waals surface area contributed by atoms with Crippen molar-refractivity contribution in [1.82, 2.24) is 5.32 Å². The Balaban J connectivity index is 1.82. The molecule has 0 aliphatic heterocycles. The third kappa shape index (κ3) is 7.53. The van der Waals surface area contributed by atoms with Crippen molar-refractivity contribution in [3.8, 4) is 5.75 Å². The molecule has 1 N–H and O–H groups in total. The van der Waals surface area contributed by atoms with Gasteiger partial charge >= 0.3 is 5.97 Å². The van der Waals surface area contributed by atoms with Crippen molar-refractivity contribution in [3.05, 3.63) is 65.2 Å². The fourth-order valence-electron chi connectivity index (χ4n) is 2.25. The molecule has 0 fully saturated rings. The minimum Gasteiger partial charge on any atom is -0.490 e. The average Bonchev–Trinajstić information content (AvgIpc) is 2.70. The molecule has 1 amide bonds. The predicted molar refractivity (Wildman–Crippen MR) is 109 cm³/mol. The summed E-state index contributed by atoms with van der Waals surface area (Å²) in [7, 11) is 0. The zero-order valence-corrected chi connectivity index (χ0v) is 16.6. The minimum atomic E-state index is -0.694. The summed E-state index contributed by atoms with van der Waals surface area (Å²) in [5, 5.41) is 3.38. The Morgan fingerprint density at radius 1 is 1.07 bits per heavy atom. The first-order valence-electron chi connectivity index (χ1n) is 8.50. The first-order valence-corrected chi connectivity index (χ1v) is 10.3. The van der Waals surface area contributed by atoms with E-state index in [9.17, 15) is 9.59 Å². The van der Waals surface area contributed by atoms with E-state index >= 15 is 0 Å². The molecule has 0 spiro atoms. The van der Waals surface area contributed by atoms with E-state index in [0.29, 0.717) is 22.8 Å². The van der Waals surface area contributed by atoms with Crippen molar-refractivity contribution >= 4 is 35.2 Å². The van der Waals surface area contributed by atoms with Crippen molar-refractivity contribution in [1.29, 1.82) is 0 Å². The van der Waals surface area contributed by atoms with Crippen molar-refractivity contribution in [2.24, 2.45) is 0 Å². The van der Waals surface area contributed by atoms with E-state index in [1.807, 2.05) is 12.3 Å². The third-order valence-electron chi connectivity index (χ3n) is 3.65. The first kappa shape index (κ1) is 21.1. The minimum absolute atomic E-state index is 0.0957. The molecule has 5 nitrogen and oxygen atoms in total. The molecule has 0 saturated carbocycles. The van der Waals surface area contributed by atoms with Gasteiger partial charge < -0.3 is 14.8 Å². The molecular formula is C20H22ClNO4S. The Morgan fingerprint density at radius 3 is 2.44 bits per heavy atom. The van der Waals surface area contributed by atoms with Crippen molar-refractivity contribution in [2.45, 2.75) is 12.5 Å². The van der Waals surface area contributed by atoms with Crippen LogP contribution in [0.1, 0.15) is 16.8 Å². The van der Waals surface area contributed by atoms with Crippen molar-refractivity contribution in [2.75, 3.05) is 25.2 Å². The van der Waals surface area contributed by atoms with E-state index < -0.39 is 12.0 Å². The number of carbonyl (C=O) groups excluding carboxylic acids is 2. The zero-order chi connectivity index (χ0) is 19.5. The molecule has 0 aliphatic carbocycles. The third-order valence-corrected chi connectivity index (χ3v) is 4.54. The van der Waals surface area contributed by atoms with Crippen LogP contribution in [-0.2, 0) is 9.53 Å². The predicted octanol–water partition coefficient (Wildman–Crippen LogP) is 3.81. The van der Waals surface area contributed by atoms with E-state index in [4.69, 9.17) is 21.1 Å². The summed E-state index contributed by atoms with van der Waals surface area (Å²) in [5.74, 6) is 0.617. The average molecular weight is 408 g/mol. The van der Waals surface area contributed by atoms with Crippen molar-refractivity contribution in [3.63, 3.8) is 0 Å². The van der Waals surface area contributed by atoms with Gasteiger partial charge in [-0.15, -0.1) is 0 Å². The van der Waals surface area contributed by atoms with Crippen LogP contribution in [-0.4, -0.2) is 43.1 Å². The Labute approximate surface area is 168 Å². The van der Waals surface area contributed by atoms with Crippen LogP contribution in [0.15, 0.2) is 54.6 Å². The van der Waals surface area contributed by atoms with Gasteiger partial charge in [-0.3, -0.25) is 4.79 Å². The van der Waals surface area contributed by atoms with E-state index in [2.05, 4.69) is 5.32 Å². The van der Waals surface area contributed by atoms with Gasteiger partial charge in [-0.25, -0.2) is 4.79 Å². The number of ether oxygens (including phenoxy) is 2. The second-order valence-corrected chi connectivity index (χ2v) is 7.07. The summed E-state index contributed by atoms with van der Waals surface area (Å²) < 4.78 is 10.8. The summed E-state index contributed by atoms with van der Waals surface area (Å²) >= 11 is 7.42. The van der Waals surface area contributed by atoms with Crippen LogP contribution in [0.4, 0.5) is 0 Å². The summed E-state index contributed by atoms with van der Waals surface area (Å²) in [4.78, 5) is 24.7. The number of benzene rings is 2. The molecule has 0 heterocycles. The van der Waals surface area contributed by atoms with E-state index in [0.717, 1.165) is 5.75 Å². The Kier molecular flexibility index (Phi) is 9.01. The Morgan fingerprint density at radius 2 is 1.78 bits per heavy atom. The molecule has 0 aromatic heterocycles. The van der Waals surface area contributed by atoms with Gasteiger partial charge in [-0.2, -0.15) is 11.8 Å². The molecule has 0 aliphatic rings. The van der Waals surface area contributed by atoms with Gasteiger partial charge in [0.1, 0.15) is 25.0 Å². The molecule has 7 heteroatoms. The van der Waals surface area contributed by atoms with Gasteiger partial charge in [0, 0.05) is 10.6 Å². The van der Waals surface area contributed by atoms with Crippen LogP contribution in [0.5, 0.6) is 5.75 Å². The number of halogens is 1. The van der Waals surface area contributed by atoms with Gasteiger partial charge in [0.05, 0.1) is 0 Å². The monoisotopic (exact) mass is 407 g/mol. The molecular weight excluding hydrogens is 386 g/mol. The van der Waals surface area contributed by atoms with E-state index in [1.54, 1.807) is 60.3 Å². The maximum atomic E-state index is 12.4. The molecule has 2 aromatic rings. The van der Waals surface area contributed by atoms with Crippen LogP contribution < -0.4 is 10.1 Å². The number of thioether (sulfide) groups is 1. The number of esters is 1. The number of amides is 1. The summed E-state index contributed by atoms with van der Waals surface area (Å²) in [6.07, 6.45) is 2.44. The van der Waals surface area contributed by atoms with Crippen LogP contribution >= 0.6 is 23.4 Å². The number of rotatable bonds is 10. The van der Waals surface area contributed by atoms with Crippen LogP contribution in [0.3, 0.4) is 0 Å². The number of hydrogen-bond donors (Lipinski definition) is 1. The van der Waals surface area contributed by atoms with Gasteiger partial charge in [0.2, 0.25) is 0 Å². The van der Waals surface area contributed by atoms with E-state index in [-0.39, 0.29) is 19.1 Å². The standard InChI is InChI=1S/C20H22ClNO4S/c1-27-14-11-18(22-19(23)15-5-3-2-4-6-15)20(24)26-13-12-25-17-9-7-16(21)8-10-17/h2-10,18H,11-14H2,1H3,(H,22,23). The number of hydrogen-bond acceptors (Lipinski definition) is 5. The van der Waals surface area contributed by atoms with E-state index in [1.165, 1.54) is 0 Å². The second-order valence-electron chi connectivity index (χ2n) is 5.64. The molecule has 0 radical (unpaired) electrons. The molecule has 27 heavy (non-hydrogen) atoms. The molecule has 2 rings (SSSR count). The summed E-state index contributed by atoms with van der Waals surface area (Å²) in [6.45, 7) is 0.313. The van der Waals surface area contributed by atoms with Gasteiger partial charge in [0.25, 0.3) is 5.91 Å². The Bertz CT molecular complexity index is 725. The molecule has 0 saturated heterocycles. The maximum Gasteiger partial charge on any atom is 0.328 e. The molecule has 0 bridgehead atoms. The number of carbonyl (C=O) groups is 2. The highest BCUT2D eigenvalue weighted by atomic mass is 35.5. The lowest BCUT2D eigenvalue weighted by atomic mass is 10.1. The normalized spacial score (nSPS) is 11.5. The summed E-state index contributed by atoms with van der Waals surface area (Å²) in [6, 6.07) is 15.0. The summed E-state index contributed by atoms with van der Waals surface area (Å²) in [5.41, 5.74) is 0.505. The second kappa shape index (κ2) is 11.5. The first-order chi connectivity index (χ1) is 13.1. The van der Waals surface area contributed by atoms with Crippen LogP contribution in [0.25, 0.3) is 0 Å². The molecule has 2 aromatic carbocycles. The Hall–Kier alpha value is -2.18. The highest BCUT2D eigenvalue weighted by molar-refractivity contribution is 7.98. The van der Waals surface area contributed by atoms with Crippen LogP contribution in [0.2, 0.25) is 5.02 Å². The largest absolute Gasteiger partial charge is 0.490 e. The lowest BCUT2D eigenvalue weighted by molar-refractivity contribution is -0.146. The zero-order valence-electron chi connectivity index (χ0n) is 15.0. The molecule has 144 valence electrons. The van der Waals surface area contributed by atoms with Crippen LogP contribution in [0, 0.1) is 0 Å². The fourth-order valence-corrected chi connectivity index (χ4v) is 2.85. The van der Waals surface area contributed by atoms with Crippen molar-refractivity contribution < 1.29 is 19.1 Å². The lowest BCUT2D eigenvalue weighted by Crippen LogP contribution is -2.42. The SMILES string of the molecule is CSCCC(NC(=O)c1ccccc1)C(=O)OCCOc1ccc(Cl)cc1. The smallest absolute Gasteiger partial charge is 0.328 e. The highest BCUT2D eigenvalue weighted by Gasteiger charge is 2.22. The van der Waals surface area contributed by atoms with Gasteiger partial charge in [-0.05, 0) is 54.8 Å². The number of nitrogens with one attached hydrogen (secondary N) is 1. The highest BCUT2D eigenvalue weighted by Crippen LogP contribution is 2.15. The maximum absolute atomic E-state index is 12.4. The fraction of sp³-hybridized carbons (Fsp3) is 0.300. The quantitative estimate of drug-likeness (QED) is 0.479. The van der Waals surface area contributed by atoms with Gasteiger partial charge in [-0.1, -0.05) is 29.8 Å².